The number of hydrogen-bond donors (Lipinski definition) is 1. The molecule has 0 amide bonds. The molecule has 3 rings (SSSR count). The van der Waals surface area contributed by atoms with E-state index in [9.17, 15) is 13.7 Å². The SMILES string of the molecule is CC(C)(c1ccc(CCN2CC(NS(C)(=O)=O)C2)cc1)c1cc(Cl)c(OCCCl)c(C#N)c1. The largest absolute Gasteiger partial charge is 0.489 e. The molecule has 33 heavy (non-hydrogen) atoms. The van der Waals surface area contributed by atoms with E-state index in [1.54, 1.807) is 0 Å². The molecule has 1 N–H and O–H groups in total. The van der Waals surface area contributed by atoms with Crippen LogP contribution in [0.2, 0.25) is 5.02 Å². The number of sulfonamides is 1. The molecule has 1 fully saturated rings. The van der Waals surface area contributed by atoms with E-state index in [1.165, 1.54) is 11.8 Å². The standard InChI is InChI=1S/C24H29Cl2N3O3S/c1-24(2,20-12-18(14-27)23(22(26)13-20)32-11-9-25)19-6-4-17(5-7-19)8-10-29-15-21(16-29)28-33(3,30)31/h4-7,12-13,21,28H,8-11,15-16H2,1-3H3. The van der Waals surface area contributed by atoms with Gasteiger partial charge in [0.1, 0.15) is 12.7 Å². The summed E-state index contributed by atoms with van der Waals surface area (Å²) in [5, 5.41) is 9.98. The van der Waals surface area contributed by atoms with Crippen LogP contribution in [0.25, 0.3) is 0 Å². The topological polar surface area (TPSA) is 82.4 Å². The molecule has 1 aliphatic rings. The molecule has 1 saturated heterocycles. The monoisotopic (exact) mass is 509 g/mol. The highest BCUT2D eigenvalue weighted by atomic mass is 35.5. The van der Waals surface area contributed by atoms with Crippen molar-refractivity contribution in [2.24, 2.45) is 0 Å². The van der Waals surface area contributed by atoms with E-state index in [0.29, 0.717) is 22.2 Å². The number of benzene rings is 2. The molecule has 9 heteroatoms. The Kier molecular flexibility index (Phi) is 8.31. The molecule has 0 spiro atoms. The third-order valence-electron chi connectivity index (χ3n) is 5.94. The van der Waals surface area contributed by atoms with Gasteiger partial charge in [-0.3, -0.25) is 4.90 Å². The molecule has 2 aromatic rings. The van der Waals surface area contributed by atoms with E-state index in [-0.39, 0.29) is 18.1 Å². The summed E-state index contributed by atoms with van der Waals surface area (Å²) in [7, 11) is -3.15. The third kappa shape index (κ3) is 6.62. The van der Waals surface area contributed by atoms with Gasteiger partial charge in [-0.05, 0) is 35.2 Å². The van der Waals surface area contributed by atoms with Gasteiger partial charge in [-0.15, -0.1) is 11.6 Å². The molecule has 2 aromatic carbocycles. The maximum atomic E-state index is 11.3. The minimum Gasteiger partial charge on any atom is -0.489 e. The van der Waals surface area contributed by atoms with Crippen molar-refractivity contribution in [1.82, 2.24) is 9.62 Å². The smallest absolute Gasteiger partial charge is 0.209 e. The Hall–Kier alpha value is -1.82. The van der Waals surface area contributed by atoms with Gasteiger partial charge in [0, 0.05) is 31.1 Å². The quantitative estimate of drug-likeness (QED) is 0.490. The molecule has 1 aliphatic heterocycles. The maximum absolute atomic E-state index is 11.3. The number of rotatable bonds is 10. The number of nitriles is 1. The molecule has 178 valence electrons. The summed E-state index contributed by atoms with van der Waals surface area (Å²) in [6.45, 7) is 6.85. The molecular formula is C24H29Cl2N3O3S. The maximum Gasteiger partial charge on any atom is 0.209 e. The van der Waals surface area contributed by atoms with Gasteiger partial charge >= 0.3 is 0 Å². The summed E-state index contributed by atoms with van der Waals surface area (Å²) in [5.41, 5.74) is 3.29. The fraction of sp³-hybridized carbons (Fsp3) is 0.458. The lowest BCUT2D eigenvalue weighted by Crippen LogP contribution is -2.59. The number of hydrogen-bond acceptors (Lipinski definition) is 5. The molecule has 0 unspecified atom stereocenters. The van der Waals surface area contributed by atoms with E-state index in [4.69, 9.17) is 27.9 Å². The summed E-state index contributed by atoms with van der Waals surface area (Å²) in [4.78, 5) is 2.24. The lowest BCUT2D eigenvalue weighted by Gasteiger charge is -2.39. The predicted octanol–water partition coefficient (Wildman–Crippen LogP) is 3.93. The number of halogens is 2. The molecule has 0 aliphatic carbocycles. The molecule has 0 atom stereocenters. The lowest BCUT2D eigenvalue weighted by molar-refractivity contribution is 0.143. The van der Waals surface area contributed by atoms with Gasteiger partial charge in [0.25, 0.3) is 0 Å². The summed E-state index contributed by atoms with van der Waals surface area (Å²) >= 11 is 12.1. The van der Waals surface area contributed by atoms with Crippen LogP contribution in [0, 0.1) is 11.3 Å². The molecule has 0 saturated carbocycles. The van der Waals surface area contributed by atoms with E-state index >= 15 is 0 Å². The first kappa shape index (κ1) is 25.8. The molecular weight excluding hydrogens is 481 g/mol. The average molecular weight is 510 g/mol. The molecule has 0 bridgehead atoms. The van der Waals surface area contributed by atoms with Crippen LogP contribution in [0.3, 0.4) is 0 Å². The van der Waals surface area contributed by atoms with E-state index < -0.39 is 10.0 Å². The summed E-state index contributed by atoms with van der Waals surface area (Å²) in [6, 6.07) is 14.3. The molecule has 1 heterocycles. The highest BCUT2D eigenvalue weighted by Crippen LogP contribution is 2.38. The normalized spacial score (nSPS) is 15.2. The number of ether oxygens (including phenoxy) is 1. The van der Waals surface area contributed by atoms with E-state index in [0.717, 1.165) is 37.2 Å². The van der Waals surface area contributed by atoms with Crippen LogP contribution >= 0.6 is 23.2 Å². The lowest BCUT2D eigenvalue weighted by atomic mass is 9.77. The number of nitrogens with one attached hydrogen (secondary N) is 1. The fourth-order valence-corrected chi connectivity index (χ4v) is 5.10. The van der Waals surface area contributed by atoms with Gasteiger partial charge in [-0.2, -0.15) is 5.26 Å². The van der Waals surface area contributed by atoms with Crippen molar-refractivity contribution in [3.8, 4) is 11.8 Å². The first-order valence-electron chi connectivity index (χ1n) is 10.8. The Balaban J connectivity index is 1.65. The number of alkyl halides is 1. The van der Waals surface area contributed by atoms with Crippen LogP contribution < -0.4 is 9.46 Å². The van der Waals surface area contributed by atoms with Crippen molar-refractivity contribution < 1.29 is 13.2 Å². The summed E-state index contributed by atoms with van der Waals surface area (Å²) in [5.74, 6) is 0.686. The second-order valence-corrected chi connectivity index (χ2v) is 11.5. The van der Waals surface area contributed by atoms with Gasteiger partial charge < -0.3 is 4.74 Å². The van der Waals surface area contributed by atoms with Crippen molar-refractivity contribution in [2.45, 2.75) is 31.7 Å². The average Bonchev–Trinajstić information content (AvgIpc) is 2.73. The second kappa shape index (κ2) is 10.6. The molecule has 0 radical (unpaired) electrons. The Labute approximate surface area is 206 Å². The highest BCUT2D eigenvalue weighted by molar-refractivity contribution is 7.88. The van der Waals surface area contributed by atoms with Crippen LogP contribution in [0.4, 0.5) is 0 Å². The second-order valence-electron chi connectivity index (χ2n) is 8.90. The minimum atomic E-state index is -3.15. The Morgan fingerprint density at radius 3 is 2.45 bits per heavy atom. The first-order valence-corrected chi connectivity index (χ1v) is 13.6. The van der Waals surface area contributed by atoms with Crippen LogP contribution in [0.5, 0.6) is 5.75 Å². The zero-order chi connectivity index (χ0) is 24.2. The Morgan fingerprint density at radius 2 is 1.88 bits per heavy atom. The van der Waals surface area contributed by atoms with E-state index in [1.807, 2.05) is 12.1 Å². The van der Waals surface area contributed by atoms with Crippen LogP contribution in [-0.4, -0.2) is 57.7 Å². The minimum absolute atomic E-state index is 0.0139. The van der Waals surface area contributed by atoms with Crippen LogP contribution in [-0.2, 0) is 21.9 Å². The number of nitrogens with zero attached hydrogens (tertiary/aromatic N) is 2. The first-order chi connectivity index (χ1) is 15.5. The zero-order valence-electron chi connectivity index (χ0n) is 19.1. The van der Waals surface area contributed by atoms with Crippen LogP contribution in [0.1, 0.15) is 36.1 Å². The van der Waals surface area contributed by atoms with Crippen LogP contribution in [0.15, 0.2) is 36.4 Å². The summed E-state index contributed by atoms with van der Waals surface area (Å²) in [6.07, 6.45) is 2.08. The molecule has 0 aromatic heterocycles. The third-order valence-corrected chi connectivity index (χ3v) is 7.14. The van der Waals surface area contributed by atoms with Gasteiger partial charge in [-0.25, -0.2) is 13.1 Å². The van der Waals surface area contributed by atoms with E-state index in [2.05, 4.69) is 53.8 Å². The van der Waals surface area contributed by atoms with Gasteiger partial charge in [0.05, 0.1) is 22.7 Å². The van der Waals surface area contributed by atoms with Crippen molar-refractivity contribution in [2.75, 3.05) is 38.4 Å². The van der Waals surface area contributed by atoms with Crippen molar-refractivity contribution >= 4 is 33.2 Å². The molecule has 6 nitrogen and oxygen atoms in total. The van der Waals surface area contributed by atoms with Crippen molar-refractivity contribution in [3.63, 3.8) is 0 Å². The zero-order valence-corrected chi connectivity index (χ0v) is 21.4. The van der Waals surface area contributed by atoms with Gasteiger partial charge in [-0.1, -0.05) is 49.7 Å². The highest BCUT2D eigenvalue weighted by Gasteiger charge is 2.29. The predicted molar refractivity (Wildman–Crippen MR) is 133 cm³/mol. The van der Waals surface area contributed by atoms with Gasteiger partial charge in [0.2, 0.25) is 10.0 Å². The fourth-order valence-electron chi connectivity index (χ4n) is 4.00. The number of likely N-dealkylation sites (tertiary alicyclic amines) is 1. The van der Waals surface area contributed by atoms with Gasteiger partial charge in [0.15, 0.2) is 5.75 Å². The van der Waals surface area contributed by atoms with Crippen molar-refractivity contribution in [1.29, 1.82) is 5.26 Å². The Bertz CT molecular complexity index is 1120. The van der Waals surface area contributed by atoms with Crippen molar-refractivity contribution in [3.05, 3.63) is 63.7 Å². The summed E-state index contributed by atoms with van der Waals surface area (Å²) < 4.78 is 30.8. The Morgan fingerprint density at radius 1 is 1.21 bits per heavy atom.